The van der Waals surface area contributed by atoms with E-state index >= 15 is 0 Å². The highest BCUT2D eigenvalue weighted by Crippen LogP contribution is 2.79. The maximum absolute atomic E-state index is 14.0. The third kappa shape index (κ3) is 2.20. The molecule has 9 atom stereocenters. The lowest BCUT2D eigenvalue weighted by atomic mass is 9.42. The van der Waals surface area contributed by atoms with Gasteiger partial charge in [0.25, 0.3) is 0 Å². The van der Waals surface area contributed by atoms with E-state index in [0.717, 1.165) is 38.5 Å². The van der Waals surface area contributed by atoms with Crippen molar-refractivity contribution in [3.8, 4) is 0 Å². The van der Waals surface area contributed by atoms with E-state index in [1.807, 2.05) is 20.8 Å². The van der Waals surface area contributed by atoms with Crippen molar-refractivity contribution >= 4 is 11.8 Å². The first kappa shape index (κ1) is 20.0. The number of Topliss-reactive ketones (excluding diaryl/α,β-unsaturated/α-hetero) is 1. The van der Waals surface area contributed by atoms with Gasteiger partial charge in [-0.3, -0.25) is 9.59 Å². The first-order valence-electron chi connectivity index (χ1n) is 11.8. The molecule has 1 spiro atoms. The monoisotopic (exact) mass is 402 g/mol. The molecule has 1 aliphatic heterocycles. The fourth-order valence-corrected chi connectivity index (χ4v) is 8.73. The van der Waals surface area contributed by atoms with E-state index in [-0.39, 0.29) is 40.2 Å². The first-order valence-corrected chi connectivity index (χ1v) is 11.8. The number of esters is 1. The number of epoxide rings is 1. The highest BCUT2D eigenvalue weighted by molar-refractivity contribution is 5.93. The molecule has 0 aromatic carbocycles. The molecule has 0 aromatic rings. The zero-order chi connectivity index (χ0) is 21.2. The molecular formula is C25H38O4. The number of hydrogen-bond acceptors (Lipinski definition) is 4. The van der Waals surface area contributed by atoms with Crippen LogP contribution in [-0.4, -0.2) is 29.1 Å². The van der Waals surface area contributed by atoms with Gasteiger partial charge in [0.2, 0.25) is 0 Å². The fraction of sp³-hybridized carbons (Fsp3) is 0.920. The molecule has 4 aliphatic carbocycles. The minimum absolute atomic E-state index is 0.0199. The highest BCUT2D eigenvalue weighted by Gasteiger charge is 2.84. The molecular weight excluding hydrogens is 364 g/mol. The molecule has 1 saturated heterocycles. The van der Waals surface area contributed by atoms with Crippen molar-refractivity contribution in [3.05, 3.63) is 0 Å². The maximum atomic E-state index is 14.0. The van der Waals surface area contributed by atoms with Gasteiger partial charge < -0.3 is 9.47 Å². The summed E-state index contributed by atoms with van der Waals surface area (Å²) < 4.78 is 12.7. The average molecular weight is 403 g/mol. The Bertz CT molecular complexity index is 782. The van der Waals surface area contributed by atoms with Gasteiger partial charge in [-0.2, -0.15) is 0 Å². The van der Waals surface area contributed by atoms with Crippen LogP contribution in [0.2, 0.25) is 0 Å². The Morgan fingerprint density at radius 3 is 2.38 bits per heavy atom. The molecule has 0 aromatic heterocycles. The second kappa shape index (κ2) is 5.47. The molecule has 29 heavy (non-hydrogen) atoms. The molecule has 1 heterocycles. The van der Waals surface area contributed by atoms with Crippen molar-refractivity contribution in [3.63, 3.8) is 0 Å². The van der Waals surface area contributed by atoms with Gasteiger partial charge in [-0.25, -0.2) is 0 Å². The normalized spacial score (nSPS) is 55.6. The Balaban J connectivity index is 1.65. The van der Waals surface area contributed by atoms with Crippen molar-refractivity contribution in [2.75, 3.05) is 0 Å². The van der Waals surface area contributed by atoms with Crippen LogP contribution in [0.4, 0.5) is 0 Å². The topological polar surface area (TPSA) is 55.9 Å². The van der Waals surface area contributed by atoms with Crippen LogP contribution in [-0.2, 0) is 19.1 Å². The second-order valence-corrected chi connectivity index (χ2v) is 12.7. The number of ether oxygens (including phenoxy) is 2. The van der Waals surface area contributed by atoms with Crippen LogP contribution in [0.1, 0.15) is 87.0 Å². The minimum Gasteiger partial charge on any atom is -0.454 e. The molecule has 0 amide bonds. The Labute approximate surface area is 175 Å². The Hall–Kier alpha value is -0.900. The van der Waals surface area contributed by atoms with Crippen LogP contribution in [0, 0.1) is 39.9 Å². The zero-order valence-electron chi connectivity index (χ0n) is 19.3. The number of carbonyl (C=O) groups excluding carboxylic acids is 2. The van der Waals surface area contributed by atoms with Crippen molar-refractivity contribution < 1.29 is 19.1 Å². The summed E-state index contributed by atoms with van der Waals surface area (Å²) >= 11 is 0. The van der Waals surface area contributed by atoms with Gasteiger partial charge in [0.1, 0.15) is 5.60 Å². The third-order valence-electron chi connectivity index (χ3n) is 10.2. The third-order valence-corrected chi connectivity index (χ3v) is 10.2. The minimum atomic E-state index is -0.598. The number of rotatable bonds is 1. The van der Waals surface area contributed by atoms with Gasteiger partial charge in [-0.05, 0) is 83.5 Å². The van der Waals surface area contributed by atoms with Gasteiger partial charge in [0.15, 0.2) is 11.9 Å². The zero-order valence-corrected chi connectivity index (χ0v) is 19.3. The van der Waals surface area contributed by atoms with E-state index in [1.54, 1.807) is 0 Å². The SMILES string of the molecule is C[C@H]1CC[C@@H]2[C@H](OC(=O)C(C)(C)C)C(=O)[C@@]3(C)CC[C@@]45O[C@]4(C)CCC1[C@]2(C)[C@H]53. The number of ketones is 1. The molecule has 162 valence electrons. The largest absolute Gasteiger partial charge is 0.454 e. The average Bonchev–Trinajstić information content (AvgIpc) is 3.07. The summed E-state index contributed by atoms with van der Waals surface area (Å²) in [6.07, 6.45) is 5.59. The maximum Gasteiger partial charge on any atom is 0.311 e. The quantitative estimate of drug-likeness (QED) is 0.461. The van der Waals surface area contributed by atoms with Gasteiger partial charge >= 0.3 is 5.97 Å². The summed E-state index contributed by atoms with van der Waals surface area (Å²) in [7, 11) is 0. The van der Waals surface area contributed by atoms with Crippen LogP contribution in [0.15, 0.2) is 0 Å². The molecule has 4 nitrogen and oxygen atoms in total. The first-order chi connectivity index (χ1) is 13.3. The van der Waals surface area contributed by atoms with Gasteiger partial charge in [0.05, 0.1) is 11.0 Å². The van der Waals surface area contributed by atoms with Gasteiger partial charge in [0, 0.05) is 17.3 Å². The lowest BCUT2D eigenvalue weighted by molar-refractivity contribution is -0.205. The molecule has 4 heteroatoms. The van der Waals surface area contributed by atoms with Gasteiger partial charge in [-0.1, -0.05) is 20.8 Å². The van der Waals surface area contributed by atoms with Crippen LogP contribution in [0.5, 0.6) is 0 Å². The number of hydrogen-bond donors (Lipinski definition) is 0. The van der Waals surface area contributed by atoms with E-state index in [0.29, 0.717) is 11.8 Å². The van der Waals surface area contributed by atoms with E-state index in [1.165, 1.54) is 0 Å². The second-order valence-electron chi connectivity index (χ2n) is 12.7. The van der Waals surface area contributed by atoms with E-state index in [9.17, 15) is 9.59 Å². The molecule has 1 unspecified atom stereocenters. The summed E-state index contributed by atoms with van der Waals surface area (Å²) in [6.45, 7) is 14.9. The molecule has 0 N–H and O–H groups in total. The van der Waals surface area contributed by atoms with Crippen molar-refractivity contribution in [1.29, 1.82) is 0 Å². The van der Waals surface area contributed by atoms with Crippen molar-refractivity contribution in [2.24, 2.45) is 39.9 Å². The lowest BCUT2D eigenvalue weighted by Gasteiger charge is -2.62. The fourth-order valence-electron chi connectivity index (χ4n) is 8.73. The smallest absolute Gasteiger partial charge is 0.311 e. The molecule has 0 radical (unpaired) electrons. The predicted octanol–water partition coefficient (Wildman–Crippen LogP) is 4.93. The standard InChI is InChI=1S/C25H38O4/c1-14-8-9-16-17(28-20(27)21(2,3)4)18(26)22(5)12-13-25-19(22)24(16,7)15(14)10-11-23(25,6)29-25/h14-17,19H,8-13H2,1-7H3/t14-,15?,16+,17-,19+,22+,23+,24-,25-/m0/s1. The molecule has 5 fully saturated rings. The van der Waals surface area contributed by atoms with Crippen LogP contribution in [0.25, 0.3) is 0 Å². The molecule has 4 saturated carbocycles. The Kier molecular flexibility index (Phi) is 3.78. The summed E-state index contributed by atoms with van der Waals surface area (Å²) in [6, 6.07) is 0. The summed E-state index contributed by atoms with van der Waals surface area (Å²) in [5.74, 6) is 1.49. The van der Waals surface area contributed by atoms with Crippen LogP contribution >= 0.6 is 0 Å². The van der Waals surface area contributed by atoms with Gasteiger partial charge in [-0.15, -0.1) is 0 Å². The molecule has 0 bridgehead atoms. The molecule has 5 aliphatic rings. The Morgan fingerprint density at radius 2 is 1.72 bits per heavy atom. The number of carbonyl (C=O) groups is 2. The van der Waals surface area contributed by atoms with Crippen LogP contribution < -0.4 is 0 Å². The Morgan fingerprint density at radius 1 is 1.03 bits per heavy atom. The van der Waals surface area contributed by atoms with E-state index < -0.39 is 16.9 Å². The molecule has 5 rings (SSSR count). The van der Waals surface area contributed by atoms with E-state index in [4.69, 9.17) is 9.47 Å². The summed E-state index contributed by atoms with van der Waals surface area (Å²) in [4.78, 5) is 26.9. The lowest BCUT2D eigenvalue weighted by Crippen LogP contribution is -2.66. The van der Waals surface area contributed by atoms with Crippen LogP contribution in [0.3, 0.4) is 0 Å². The summed E-state index contributed by atoms with van der Waals surface area (Å²) in [5.41, 5.74) is -1.29. The van der Waals surface area contributed by atoms with E-state index in [2.05, 4.69) is 27.7 Å². The highest BCUT2D eigenvalue weighted by atomic mass is 16.6. The van der Waals surface area contributed by atoms with Crippen molar-refractivity contribution in [1.82, 2.24) is 0 Å². The predicted molar refractivity (Wildman–Crippen MR) is 110 cm³/mol. The van der Waals surface area contributed by atoms with Crippen molar-refractivity contribution in [2.45, 2.75) is 104 Å². The summed E-state index contributed by atoms with van der Waals surface area (Å²) in [5, 5.41) is 0.